The van der Waals surface area contributed by atoms with Gasteiger partial charge in [-0.25, -0.2) is 4.98 Å². The molecule has 6 N–H and O–H groups in total. The Kier molecular flexibility index (Phi) is 4.70. The van der Waals surface area contributed by atoms with Crippen LogP contribution in [0.25, 0.3) is 11.2 Å². The molecule has 2 aromatic rings. The summed E-state index contributed by atoms with van der Waals surface area (Å²) < 4.78 is 6.97. The van der Waals surface area contributed by atoms with Crippen molar-refractivity contribution in [1.29, 1.82) is 0 Å². The van der Waals surface area contributed by atoms with E-state index in [1.165, 1.54) is 17.9 Å². The lowest BCUT2D eigenvalue weighted by molar-refractivity contribution is -0.137. The van der Waals surface area contributed by atoms with E-state index in [-0.39, 0.29) is 5.95 Å². The summed E-state index contributed by atoms with van der Waals surface area (Å²) in [4.78, 5) is 24.3. The van der Waals surface area contributed by atoms with Crippen LogP contribution in [0.1, 0.15) is 19.6 Å². The normalized spacial score (nSPS) is 26.1. The molecule has 0 spiro atoms. The molecule has 0 bridgehead atoms. The molecule has 4 atom stereocenters. The minimum Gasteiger partial charge on any atom is -0.387 e. The summed E-state index contributed by atoms with van der Waals surface area (Å²) in [5.41, 5.74) is 6.55. The van der Waals surface area contributed by atoms with Gasteiger partial charge in [0.05, 0.1) is 6.33 Å². The maximum Gasteiger partial charge on any atom is 0.251 e. The number of nitrogens with one attached hydrogen (secondary N) is 2. The van der Waals surface area contributed by atoms with Crippen LogP contribution in [0.15, 0.2) is 6.33 Å². The monoisotopic (exact) mass is 351 g/mol. The van der Waals surface area contributed by atoms with E-state index in [1.54, 1.807) is 0 Å². The third kappa shape index (κ3) is 2.97. The smallest absolute Gasteiger partial charge is 0.251 e. The van der Waals surface area contributed by atoms with Crippen LogP contribution in [0.4, 0.5) is 11.8 Å². The summed E-state index contributed by atoms with van der Waals surface area (Å²) in [5, 5.41) is 25.9. The molecule has 3 heterocycles. The van der Waals surface area contributed by atoms with Gasteiger partial charge < -0.3 is 31.3 Å². The van der Waals surface area contributed by atoms with Crippen LogP contribution in [0.5, 0.6) is 0 Å². The van der Waals surface area contributed by atoms with Crippen LogP contribution in [0.3, 0.4) is 0 Å². The SMILES string of the molecule is CCCNc1nc(N)nc2c1ncn2[C@@H]1O[C@H](C(=O)NC)[C@@H](O)[C@H]1O. The number of aliphatic hydroxyl groups is 2. The van der Waals surface area contributed by atoms with Crippen LogP contribution in [0, 0.1) is 0 Å². The second kappa shape index (κ2) is 6.78. The highest BCUT2D eigenvalue weighted by atomic mass is 16.6. The van der Waals surface area contributed by atoms with Gasteiger partial charge in [-0.2, -0.15) is 9.97 Å². The summed E-state index contributed by atoms with van der Waals surface area (Å²) in [6.07, 6.45) is -2.64. The van der Waals surface area contributed by atoms with Crippen LogP contribution < -0.4 is 16.4 Å². The standard InChI is InChI=1S/C14H21N7O4/c1-3-4-17-10-6-11(20-14(15)19-10)21(5-18-6)13-8(23)7(22)9(25-13)12(24)16-2/h5,7-9,13,22-23H,3-4H2,1-2H3,(H,16,24)(H3,15,17,19,20)/t7-,8+,9-,13+/m0/s1. The summed E-state index contributed by atoms with van der Waals surface area (Å²) in [5.74, 6) is -0.0272. The van der Waals surface area contributed by atoms with E-state index in [0.29, 0.717) is 23.5 Å². The Morgan fingerprint density at radius 2 is 2.16 bits per heavy atom. The first-order chi connectivity index (χ1) is 12.0. The molecule has 1 aliphatic rings. The van der Waals surface area contributed by atoms with Crippen molar-refractivity contribution in [3.05, 3.63) is 6.33 Å². The molecular formula is C14H21N7O4. The van der Waals surface area contributed by atoms with Gasteiger partial charge in [0, 0.05) is 13.6 Å². The summed E-state index contributed by atoms with van der Waals surface area (Å²) in [6.45, 7) is 2.69. The zero-order valence-corrected chi connectivity index (χ0v) is 13.9. The molecular weight excluding hydrogens is 330 g/mol. The van der Waals surface area contributed by atoms with Crippen molar-refractivity contribution in [2.45, 2.75) is 37.9 Å². The fraction of sp³-hybridized carbons (Fsp3) is 0.571. The summed E-state index contributed by atoms with van der Waals surface area (Å²) in [6, 6.07) is 0. The Morgan fingerprint density at radius 3 is 2.84 bits per heavy atom. The highest BCUT2D eigenvalue weighted by Crippen LogP contribution is 2.32. The summed E-state index contributed by atoms with van der Waals surface area (Å²) in [7, 11) is 1.42. The molecule has 0 saturated carbocycles. The van der Waals surface area contributed by atoms with E-state index in [9.17, 15) is 15.0 Å². The molecule has 11 heteroatoms. The second-order valence-electron chi connectivity index (χ2n) is 5.72. The number of rotatable bonds is 5. The Bertz CT molecular complexity index is 780. The fourth-order valence-electron chi connectivity index (χ4n) is 2.73. The molecule has 11 nitrogen and oxygen atoms in total. The van der Waals surface area contributed by atoms with Gasteiger partial charge in [0.2, 0.25) is 5.95 Å². The molecule has 1 aliphatic heterocycles. The molecule has 1 saturated heterocycles. The fourth-order valence-corrected chi connectivity index (χ4v) is 2.73. The Labute approximate surface area is 143 Å². The van der Waals surface area contributed by atoms with Gasteiger partial charge in [0.25, 0.3) is 5.91 Å². The van der Waals surface area contributed by atoms with E-state index in [1.807, 2.05) is 6.92 Å². The van der Waals surface area contributed by atoms with Crippen LogP contribution in [-0.2, 0) is 9.53 Å². The molecule has 1 amide bonds. The Hall–Kier alpha value is -2.50. The lowest BCUT2D eigenvalue weighted by atomic mass is 10.1. The number of aliphatic hydroxyl groups excluding tert-OH is 2. The zero-order valence-electron chi connectivity index (χ0n) is 13.9. The third-order valence-corrected chi connectivity index (χ3v) is 4.00. The average molecular weight is 351 g/mol. The maximum absolute atomic E-state index is 11.8. The van der Waals surface area contributed by atoms with Crippen LogP contribution >= 0.6 is 0 Å². The van der Waals surface area contributed by atoms with Gasteiger partial charge in [-0.05, 0) is 6.42 Å². The van der Waals surface area contributed by atoms with Gasteiger partial charge >= 0.3 is 0 Å². The van der Waals surface area contributed by atoms with Gasteiger partial charge in [-0.1, -0.05) is 6.92 Å². The average Bonchev–Trinajstić information content (AvgIpc) is 3.14. The quantitative estimate of drug-likeness (QED) is 0.436. The number of hydrogen-bond donors (Lipinski definition) is 5. The van der Waals surface area contributed by atoms with Crippen molar-refractivity contribution >= 4 is 28.8 Å². The number of nitrogens with zero attached hydrogens (tertiary/aromatic N) is 4. The number of nitrogens with two attached hydrogens (primary N) is 1. The van der Waals surface area contributed by atoms with E-state index in [4.69, 9.17) is 10.5 Å². The van der Waals surface area contributed by atoms with Crippen molar-refractivity contribution in [2.75, 3.05) is 24.6 Å². The number of nitrogen functional groups attached to an aromatic ring is 1. The predicted molar refractivity (Wildman–Crippen MR) is 88.5 cm³/mol. The molecule has 0 radical (unpaired) electrons. The van der Waals surface area contributed by atoms with Crippen molar-refractivity contribution in [3.8, 4) is 0 Å². The van der Waals surface area contributed by atoms with Gasteiger partial charge in [-0.3, -0.25) is 9.36 Å². The highest BCUT2D eigenvalue weighted by Gasteiger charge is 2.47. The predicted octanol–water partition coefficient (Wildman–Crippen LogP) is -1.40. The van der Waals surface area contributed by atoms with Crippen LogP contribution in [-0.4, -0.2) is 67.5 Å². The second-order valence-corrected chi connectivity index (χ2v) is 5.72. The minimum absolute atomic E-state index is 0.0312. The van der Waals surface area contributed by atoms with E-state index >= 15 is 0 Å². The zero-order chi connectivity index (χ0) is 18.1. The largest absolute Gasteiger partial charge is 0.387 e. The van der Waals surface area contributed by atoms with Crippen LogP contribution in [0.2, 0.25) is 0 Å². The molecule has 136 valence electrons. The number of hydrogen-bond acceptors (Lipinski definition) is 9. The number of anilines is 2. The molecule has 3 rings (SSSR count). The molecule has 0 aliphatic carbocycles. The first-order valence-corrected chi connectivity index (χ1v) is 7.95. The van der Waals surface area contributed by atoms with E-state index in [2.05, 4.69) is 25.6 Å². The first-order valence-electron chi connectivity index (χ1n) is 7.95. The van der Waals surface area contributed by atoms with Gasteiger partial charge in [0.1, 0.15) is 12.2 Å². The molecule has 0 unspecified atom stereocenters. The minimum atomic E-state index is -1.38. The number of amides is 1. The molecule has 0 aromatic carbocycles. The number of aromatic nitrogens is 4. The lowest BCUT2D eigenvalue weighted by Crippen LogP contribution is -2.41. The number of carbonyl (C=O) groups is 1. The topological polar surface area (TPSA) is 160 Å². The molecule has 2 aromatic heterocycles. The number of imidazole rings is 1. The number of carbonyl (C=O) groups excluding carboxylic acids is 1. The first kappa shape index (κ1) is 17.3. The number of fused-ring (bicyclic) bond motifs is 1. The Morgan fingerprint density at radius 1 is 1.40 bits per heavy atom. The van der Waals surface area contributed by atoms with Crippen molar-refractivity contribution in [1.82, 2.24) is 24.8 Å². The third-order valence-electron chi connectivity index (χ3n) is 4.00. The van der Waals surface area contributed by atoms with Crippen molar-refractivity contribution < 1.29 is 19.7 Å². The molecule has 25 heavy (non-hydrogen) atoms. The van der Waals surface area contributed by atoms with Gasteiger partial charge in [-0.15, -0.1) is 0 Å². The number of ether oxygens (including phenoxy) is 1. The Balaban J connectivity index is 1.99. The maximum atomic E-state index is 11.8. The van der Waals surface area contributed by atoms with Gasteiger partial charge in [0.15, 0.2) is 29.3 Å². The highest BCUT2D eigenvalue weighted by molar-refractivity contribution is 5.84. The molecule has 1 fully saturated rings. The van der Waals surface area contributed by atoms with Crippen molar-refractivity contribution in [2.24, 2.45) is 0 Å². The number of likely N-dealkylation sites (N-methyl/N-ethyl adjacent to an activating group) is 1. The van der Waals surface area contributed by atoms with E-state index < -0.39 is 30.4 Å². The lowest BCUT2D eigenvalue weighted by Gasteiger charge is -2.16. The summed E-state index contributed by atoms with van der Waals surface area (Å²) >= 11 is 0. The van der Waals surface area contributed by atoms with Crippen molar-refractivity contribution in [3.63, 3.8) is 0 Å². The van der Waals surface area contributed by atoms with E-state index in [0.717, 1.165) is 6.42 Å².